The quantitative estimate of drug-likeness (QED) is 0.634. The van der Waals surface area contributed by atoms with Gasteiger partial charge in [0.2, 0.25) is 0 Å². The number of alkyl carbamates (subject to hydrolysis) is 1. The second kappa shape index (κ2) is 8.76. The standard InChI is InChI=1S/C16H24FN3O2S/c1-5-23-14(18)20-13-7-6-11(10-12(13)17)8-9-19-15(21)22-16(2,3)4/h6-7,10H,5,8-9H2,1-4H3,(H2,18,20)(H,19,21). The Bertz CT molecular complexity index is 571. The molecule has 0 saturated carbocycles. The molecule has 5 nitrogen and oxygen atoms in total. The second-order valence-corrected chi connectivity index (χ2v) is 7.13. The van der Waals surface area contributed by atoms with E-state index in [1.807, 2.05) is 6.92 Å². The Morgan fingerprint density at radius 1 is 1.43 bits per heavy atom. The Balaban J connectivity index is 2.55. The highest BCUT2D eigenvalue weighted by Crippen LogP contribution is 2.20. The van der Waals surface area contributed by atoms with E-state index in [-0.39, 0.29) is 5.69 Å². The molecule has 1 rings (SSSR count). The Morgan fingerprint density at radius 3 is 2.70 bits per heavy atom. The maximum absolute atomic E-state index is 14.0. The van der Waals surface area contributed by atoms with Crippen LogP contribution in [-0.2, 0) is 11.2 Å². The molecule has 0 saturated heterocycles. The van der Waals surface area contributed by atoms with E-state index in [9.17, 15) is 9.18 Å². The number of amides is 1. The molecule has 0 unspecified atom stereocenters. The fraction of sp³-hybridized carbons (Fsp3) is 0.500. The zero-order valence-electron chi connectivity index (χ0n) is 14.0. The summed E-state index contributed by atoms with van der Waals surface area (Å²) in [5.74, 6) is 0.352. The lowest BCUT2D eigenvalue weighted by Gasteiger charge is -2.19. The third kappa shape index (κ3) is 7.88. The number of ether oxygens (including phenoxy) is 1. The zero-order chi connectivity index (χ0) is 17.5. The molecule has 0 aliphatic carbocycles. The molecular formula is C16H24FN3O2S. The van der Waals surface area contributed by atoms with Crippen LogP contribution in [0.15, 0.2) is 23.2 Å². The first-order chi connectivity index (χ1) is 10.7. The van der Waals surface area contributed by atoms with Crippen LogP contribution in [0.3, 0.4) is 0 Å². The van der Waals surface area contributed by atoms with E-state index in [4.69, 9.17) is 10.5 Å². The van der Waals surface area contributed by atoms with Gasteiger partial charge in [0.25, 0.3) is 0 Å². The minimum Gasteiger partial charge on any atom is -0.444 e. The van der Waals surface area contributed by atoms with Gasteiger partial charge in [-0.3, -0.25) is 0 Å². The van der Waals surface area contributed by atoms with Crippen molar-refractivity contribution in [1.82, 2.24) is 5.32 Å². The SMILES string of the molecule is CCSC(N)=Nc1ccc(CCNC(=O)OC(C)(C)C)cc1F. The van der Waals surface area contributed by atoms with Gasteiger partial charge in [0, 0.05) is 6.54 Å². The summed E-state index contributed by atoms with van der Waals surface area (Å²) in [6.45, 7) is 7.70. The molecule has 1 aromatic carbocycles. The molecule has 0 aliphatic rings. The molecular weight excluding hydrogens is 317 g/mol. The molecule has 23 heavy (non-hydrogen) atoms. The highest BCUT2D eigenvalue weighted by atomic mass is 32.2. The van der Waals surface area contributed by atoms with Gasteiger partial charge >= 0.3 is 6.09 Å². The molecule has 0 fully saturated rings. The maximum atomic E-state index is 14.0. The third-order valence-electron chi connectivity index (χ3n) is 2.62. The number of nitrogens with one attached hydrogen (secondary N) is 1. The third-order valence-corrected chi connectivity index (χ3v) is 3.29. The number of carbonyl (C=O) groups excluding carboxylic acids is 1. The summed E-state index contributed by atoms with van der Waals surface area (Å²) in [7, 11) is 0. The molecule has 1 aromatic rings. The summed E-state index contributed by atoms with van der Waals surface area (Å²) in [6.07, 6.45) is 0.0165. The number of benzene rings is 1. The monoisotopic (exact) mass is 341 g/mol. The number of amidine groups is 1. The van der Waals surface area contributed by atoms with E-state index in [1.54, 1.807) is 32.9 Å². The molecule has 1 amide bonds. The first-order valence-corrected chi connectivity index (χ1v) is 8.42. The Kier molecular flexibility index (Phi) is 7.35. The van der Waals surface area contributed by atoms with Crippen LogP contribution in [0.5, 0.6) is 0 Å². The van der Waals surface area contributed by atoms with Gasteiger partial charge in [0.1, 0.15) is 17.1 Å². The van der Waals surface area contributed by atoms with Crippen molar-refractivity contribution in [3.05, 3.63) is 29.6 Å². The number of hydrogen-bond donors (Lipinski definition) is 2. The van der Waals surface area contributed by atoms with Crippen LogP contribution >= 0.6 is 11.8 Å². The van der Waals surface area contributed by atoms with Crippen LogP contribution < -0.4 is 11.1 Å². The van der Waals surface area contributed by atoms with Crippen molar-refractivity contribution >= 4 is 28.7 Å². The molecule has 0 aliphatic heterocycles. The molecule has 0 radical (unpaired) electrons. The first kappa shape index (κ1) is 19.3. The van der Waals surface area contributed by atoms with E-state index < -0.39 is 17.5 Å². The predicted molar refractivity (Wildman–Crippen MR) is 93.8 cm³/mol. The minimum atomic E-state index is -0.535. The van der Waals surface area contributed by atoms with Gasteiger partial charge in [-0.25, -0.2) is 14.2 Å². The molecule has 128 valence electrons. The summed E-state index contributed by atoms with van der Waals surface area (Å²) in [4.78, 5) is 15.5. The fourth-order valence-electron chi connectivity index (χ4n) is 1.72. The smallest absolute Gasteiger partial charge is 0.407 e. The lowest BCUT2D eigenvalue weighted by atomic mass is 10.1. The highest BCUT2D eigenvalue weighted by molar-refractivity contribution is 8.13. The summed E-state index contributed by atoms with van der Waals surface area (Å²) < 4.78 is 19.1. The summed E-state index contributed by atoms with van der Waals surface area (Å²) in [6, 6.07) is 4.75. The van der Waals surface area contributed by atoms with Crippen molar-refractivity contribution in [3.63, 3.8) is 0 Å². The van der Waals surface area contributed by atoms with Crippen molar-refractivity contribution in [2.75, 3.05) is 12.3 Å². The van der Waals surface area contributed by atoms with Crippen LogP contribution in [0.1, 0.15) is 33.3 Å². The molecule has 0 bridgehead atoms. The van der Waals surface area contributed by atoms with Crippen molar-refractivity contribution in [2.45, 2.75) is 39.7 Å². The van der Waals surface area contributed by atoms with Gasteiger partial charge in [-0.2, -0.15) is 0 Å². The van der Waals surface area contributed by atoms with Crippen LogP contribution in [0.2, 0.25) is 0 Å². The largest absolute Gasteiger partial charge is 0.444 e. The number of rotatable bonds is 5. The van der Waals surface area contributed by atoms with Crippen molar-refractivity contribution in [1.29, 1.82) is 0 Å². The number of nitrogens with zero attached hydrogens (tertiary/aromatic N) is 1. The zero-order valence-corrected chi connectivity index (χ0v) is 14.8. The lowest BCUT2D eigenvalue weighted by Crippen LogP contribution is -2.33. The van der Waals surface area contributed by atoms with Crippen LogP contribution in [0.4, 0.5) is 14.9 Å². The van der Waals surface area contributed by atoms with E-state index in [0.717, 1.165) is 11.3 Å². The van der Waals surface area contributed by atoms with Crippen LogP contribution in [-0.4, -0.2) is 29.2 Å². The highest BCUT2D eigenvalue weighted by Gasteiger charge is 2.15. The minimum absolute atomic E-state index is 0.215. The normalized spacial score (nSPS) is 12.1. The maximum Gasteiger partial charge on any atom is 0.407 e. The van der Waals surface area contributed by atoms with Gasteiger partial charge in [0.05, 0.1) is 0 Å². The fourth-order valence-corrected chi connectivity index (χ4v) is 2.18. The number of thioether (sulfide) groups is 1. The van der Waals surface area contributed by atoms with Crippen LogP contribution in [0.25, 0.3) is 0 Å². The van der Waals surface area contributed by atoms with Crippen molar-refractivity contribution in [2.24, 2.45) is 10.7 Å². The Hall–Kier alpha value is -1.76. The van der Waals surface area contributed by atoms with Gasteiger partial charge in [-0.05, 0) is 50.6 Å². The van der Waals surface area contributed by atoms with E-state index in [1.165, 1.54) is 17.8 Å². The molecule has 0 aromatic heterocycles. The Labute approximate surface area is 140 Å². The molecule has 3 N–H and O–H groups in total. The molecule has 0 heterocycles. The first-order valence-electron chi connectivity index (χ1n) is 7.43. The summed E-state index contributed by atoms with van der Waals surface area (Å²) in [5, 5.41) is 2.97. The van der Waals surface area contributed by atoms with E-state index in [0.29, 0.717) is 18.1 Å². The summed E-state index contributed by atoms with van der Waals surface area (Å²) >= 11 is 1.36. The van der Waals surface area contributed by atoms with E-state index >= 15 is 0 Å². The van der Waals surface area contributed by atoms with Crippen LogP contribution in [0, 0.1) is 5.82 Å². The molecule has 0 atom stereocenters. The number of halogens is 1. The lowest BCUT2D eigenvalue weighted by molar-refractivity contribution is 0.0528. The number of hydrogen-bond acceptors (Lipinski definition) is 4. The Morgan fingerprint density at radius 2 is 2.13 bits per heavy atom. The topological polar surface area (TPSA) is 76.7 Å². The predicted octanol–water partition coefficient (Wildman–Crippen LogP) is 3.59. The summed E-state index contributed by atoms with van der Waals surface area (Å²) in [5.41, 5.74) is 6.11. The average molecular weight is 341 g/mol. The van der Waals surface area contributed by atoms with Crippen molar-refractivity contribution in [3.8, 4) is 0 Å². The molecule has 7 heteroatoms. The van der Waals surface area contributed by atoms with Gasteiger partial charge < -0.3 is 15.8 Å². The average Bonchev–Trinajstić information content (AvgIpc) is 2.40. The number of aliphatic imine (C=N–C) groups is 1. The number of carbonyl (C=O) groups is 1. The van der Waals surface area contributed by atoms with Gasteiger partial charge in [-0.1, -0.05) is 24.8 Å². The van der Waals surface area contributed by atoms with Gasteiger partial charge in [-0.15, -0.1) is 0 Å². The second-order valence-electron chi connectivity index (χ2n) is 5.85. The van der Waals surface area contributed by atoms with Gasteiger partial charge in [0.15, 0.2) is 5.17 Å². The van der Waals surface area contributed by atoms with Crippen molar-refractivity contribution < 1.29 is 13.9 Å². The molecule has 0 spiro atoms. The number of nitrogens with two attached hydrogens (primary N) is 1. The van der Waals surface area contributed by atoms with E-state index in [2.05, 4.69) is 10.3 Å².